The molecule has 3 aromatic heterocycles. The summed E-state index contributed by atoms with van der Waals surface area (Å²) in [6.45, 7) is 1.62. The first kappa shape index (κ1) is 13.5. The molecule has 21 heavy (non-hydrogen) atoms. The monoisotopic (exact) mass is 301 g/mol. The topological polar surface area (TPSA) is 93.3 Å². The minimum Gasteiger partial charge on any atom is -0.480 e. The van der Waals surface area contributed by atoms with E-state index in [1.54, 1.807) is 29.8 Å². The van der Waals surface area contributed by atoms with Gasteiger partial charge in [0.25, 0.3) is 0 Å². The van der Waals surface area contributed by atoms with Gasteiger partial charge >= 0.3 is 5.97 Å². The Morgan fingerprint density at radius 3 is 2.86 bits per heavy atom. The molecule has 0 aliphatic rings. The van der Waals surface area contributed by atoms with Crippen LogP contribution in [-0.2, 0) is 4.79 Å². The van der Waals surface area contributed by atoms with Crippen LogP contribution in [-0.4, -0.2) is 41.1 Å². The second-order valence-corrected chi connectivity index (χ2v) is 5.64. The molecule has 0 fully saturated rings. The molecule has 3 rings (SSSR count). The summed E-state index contributed by atoms with van der Waals surface area (Å²) in [5.74, 6) is -0.355. The predicted octanol–water partition coefficient (Wildman–Crippen LogP) is 1.75. The molecular formula is C13H11N5O2S. The summed E-state index contributed by atoms with van der Waals surface area (Å²) < 4.78 is 1.57. The average molecular weight is 301 g/mol. The van der Waals surface area contributed by atoms with Crippen molar-refractivity contribution in [2.24, 2.45) is 0 Å². The largest absolute Gasteiger partial charge is 0.480 e. The Balaban J connectivity index is 2.02. The summed E-state index contributed by atoms with van der Waals surface area (Å²) in [5.41, 5.74) is 1.24. The van der Waals surface area contributed by atoms with Crippen LogP contribution in [0.15, 0.2) is 41.6 Å². The number of carboxylic acid groups (broad SMARTS) is 1. The molecule has 3 heterocycles. The third-order valence-corrected chi connectivity index (χ3v) is 3.79. The number of aromatic nitrogens is 5. The number of carboxylic acids is 1. The standard InChI is InChI=1S/C13H11N5O2S/c1-8(13(19)20)21-11-6-5-10-15-16-12(18(10)17-11)9-4-2-3-7-14-9/h2-8H,1H3,(H,19,20). The van der Waals surface area contributed by atoms with Gasteiger partial charge in [0.05, 0.1) is 0 Å². The molecule has 7 nitrogen and oxygen atoms in total. The highest BCUT2D eigenvalue weighted by Gasteiger charge is 2.15. The third kappa shape index (κ3) is 2.70. The van der Waals surface area contributed by atoms with Crippen LogP contribution in [0.4, 0.5) is 0 Å². The molecule has 0 saturated heterocycles. The highest BCUT2D eigenvalue weighted by molar-refractivity contribution is 8.00. The minimum absolute atomic E-state index is 0.524. The van der Waals surface area contributed by atoms with Gasteiger partial charge in [0, 0.05) is 6.20 Å². The van der Waals surface area contributed by atoms with Crippen molar-refractivity contribution in [3.05, 3.63) is 36.5 Å². The van der Waals surface area contributed by atoms with Gasteiger partial charge < -0.3 is 5.11 Å². The van der Waals surface area contributed by atoms with Gasteiger partial charge in [-0.2, -0.15) is 9.61 Å². The molecule has 0 bridgehead atoms. The lowest BCUT2D eigenvalue weighted by atomic mass is 10.3. The van der Waals surface area contributed by atoms with E-state index in [0.717, 1.165) is 0 Å². The van der Waals surface area contributed by atoms with Crippen LogP contribution >= 0.6 is 11.8 Å². The quantitative estimate of drug-likeness (QED) is 0.734. The zero-order valence-electron chi connectivity index (χ0n) is 11.0. The van der Waals surface area contributed by atoms with Crippen LogP contribution in [0.2, 0.25) is 0 Å². The van der Waals surface area contributed by atoms with Gasteiger partial charge in [-0.1, -0.05) is 17.8 Å². The summed E-state index contributed by atoms with van der Waals surface area (Å²) in [5, 5.41) is 21.5. The molecule has 1 N–H and O–H groups in total. The van der Waals surface area contributed by atoms with Crippen LogP contribution in [0.3, 0.4) is 0 Å². The average Bonchev–Trinajstić information content (AvgIpc) is 2.91. The Morgan fingerprint density at radius 1 is 1.29 bits per heavy atom. The Morgan fingerprint density at radius 2 is 2.14 bits per heavy atom. The van der Waals surface area contributed by atoms with Gasteiger partial charge in [-0.05, 0) is 31.2 Å². The van der Waals surface area contributed by atoms with Crippen LogP contribution < -0.4 is 0 Å². The van der Waals surface area contributed by atoms with Crippen LogP contribution in [0.25, 0.3) is 17.2 Å². The van der Waals surface area contributed by atoms with E-state index < -0.39 is 11.2 Å². The maximum Gasteiger partial charge on any atom is 0.316 e. The van der Waals surface area contributed by atoms with Crippen molar-refractivity contribution in [1.82, 2.24) is 24.8 Å². The van der Waals surface area contributed by atoms with E-state index in [1.807, 2.05) is 18.2 Å². The number of thioether (sulfide) groups is 1. The van der Waals surface area contributed by atoms with E-state index in [0.29, 0.717) is 22.2 Å². The Kier molecular flexibility index (Phi) is 3.53. The van der Waals surface area contributed by atoms with E-state index in [2.05, 4.69) is 20.3 Å². The fourth-order valence-corrected chi connectivity index (χ4v) is 2.46. The van der Waals surface area contributed by atoms with Crippen molar-refractivity contribution in [2.75, 3.05) is 0 Å². The summed E-state index contributed by atoms with van der Waals surface area (Å²) in [7, 11) is 0. The van der Waals surface area contributed by atoms with Crippen LogP contribution in [0.1, 0.15) is 6.92 Å². The summed E-state index contributed by atoms with van der Waals surface area (Å²) in [6, 6.07) is 8.97. The molecule has 106 valence electrons. The molecule has 8 heteroatoms. The van der Waals surface area contributed by atoms with Gasteiger partial charge in [-0.25, -0.2) is 0 Å². The van der Waals surface area contributed by atoms with Gasteiger partial charge in [0.1, 0.15) is 16.0 Å². The molecule has 0 saturated carbocycles. The van der Waals surface area contributed by atoms with E-state index in [1.165, 1.54) is 11.8 Å². The first-order chi connectivity index (χ1) is 10.1. The van der Waals surface area contributed by atoms with Gasteiger partial charge in [-0.15, -0.1) is 10.2 Å². The maximum absolute atomic E-state index is 10.9. The number of aliphatic carboxylic acids is 1. The molecule has 0 spiro atoms. The second kappa shape index (κ2) is 5.49. The molecule has 1 unspecified atom stereocenters. The van der Waals surface area contributed by atoms with Crippen molar-refractivity contribution in [1.29, 1.82) is 0 Å². The van der Waals surface area contributed by atoms with Crippen molar-refractivity contribution >= 4 is 23.4 Å². The first-order valence-electron chi connectivity index (χ1n) is 6.18. The molecule has 0 aromatic carbocycles. The van der Waals surface area contributed by atoms with Crippen molar-refractivity contribution in [2.45, 2.75) is 17.2 Å². The Labute approximate surface area is 124 Å². The van der Waals surface area contributed by atoms with Crippen molar-refractivity contribution in [3.63, 3.8) is 0 Å². The third-order valence-electron chi connectivity index (χ3n) is 2.78. The Bertz CT molecular complexity index is 790. The van der Waals surface area contributed by atoms with Gasteiger partial charge in [0.15, 0.2) is 5.65 Å². The number of carbonyl (C=O) groups is 1. The second-order valence-electron chi connectivity index (χ2n) is 4.28. The lowest BCUT2D eigenvalue weighted by Crippen LogP contribution is -2.11. The van der Waals surface area contributed by atoms with E-state index in [9.17, 15) is 4.79 Å². The van der Waals surface area contributed by atoms with Gasteiger partial charge in [-0.3, -0.25) is 9.78 Å². The normalized spacial score (nSPS) is 12.4. The fraction of sp³-hybridized carbons (Fsp3) is 0.154. The molecule has 0 aliphatic heterocycles. The van der Waals surface area contributed by atoms with Crippen molar-refractivity contribution < 1.29 is 9.90 Å². The van der Waals surface area contributed by atoms with Crippen molar-refractivity contribution in [3.8, 4) is 11.5 Å². The molecule has 0 aliphatic carbocycles. The van der Waals surface area contributed by atoms with E-state index in [-0.39, 0.29) is 0 Å². The predicted molar refractivity (Wildman–Crippen MR) is 77.0 cm³/mol. The van der Waals surface area contributed by atoms with Crippen LogP contribution in [0, 0.1) is 0 Å². The highest BCUT2D eigenvalue weighted by atomic mass is 32.2. The zero-order valence-corrected chi connectivity index (χ0v) is 11.9. The molecule has 3 aromatic rings. The number of rotatable bonds is 4. The van der Waals surface area contributed by atoms with E-state index >= 15 is 0 Å². The first-order valence-corrected chi connectivity index (χ1v) is 7.06. The lowest BCUT2D eigenvalue weighted by Gasteiger charge is -2.05. The molecular weight excluding hydrogens is 290 g/mol. The number of nitrogens with zero attached hydrogens (tertiary/aromatic N) is 5. The Hall–Kier alpha value is -2.48. The maximum atomic E-state index is 10.9. The molecule has 0 amide bonds. The number of fused-ring (bicyclic) bond motifs is 1. The SMILES string of the molecule is CC(Sc1ccc2nnc(-c3ccccn3)n2n1)C(=O)O. The molecule has 1 atom stereocenters. The highest BCUT2D eigenvalue weighted by Crippen LogP contribution is 2.22. The van der Waals surface area contributed by atoms with E-state index in [4.69, 9.17) is 5.11 Å². The lowest BCUT2D eigenvalue weighted by molar-refractivity contribution is -0.136. The number of pyridine rings is 1. The summed E-state index contributed by atoms with van der Waals surface area (Å²) in [4.78, 5) is 15.1. The fourth-order valence-electron chi connectivity index (χ4n) is 1.72. The summed E-state index contributed by atoms with van der Waals surface area (Å²) in [6.07, 6.45) is 1.67. The zero-order chi connectivity index (χ0) is 14.8. The smallest absolute Gasteiger partial charge is 0.316 e. The van der Waals surface area contributed by atoms with Gasteiger partial charge in [0.2, 0.25) is 5.82 Å². The minimum atomic E-state index is -0.879. The number of hydrogen-bond donors (Lipinski definition) is 1. The molecule has 0 radical (unpaired) electrons. The number of hydrogen-bond acceptors (Lipinski definition) is 6. The van der Waals surface area contributed by atoms with Crippen LogP contribution in [0.5, 0.6) is 0 Å². The summed E-state index contributed by atoms with van der Waals surface area (Å²) >= 11 is 1.17.